The minimum atomic E-state index is 0.375. The van der Waals surface area contributed by atoms with Gasteiger partial charge in [-0.2, -0.15) is 0 Å². The van der Waals surface area contributed by atoms with Crippen LogP contribution in [0.2, 0.25) is 0 Å². The Bertz CT molecular complexity index is 748. The lowest BCUT2D eigenvalue weighted by molar-refractivity contribution is 0.433. The van der Waals surface area contributed by atoms with Crippen LogP contribution < -0.4 is 5.32 Å². The number of nitrogens with one attached hydrogen (secondary N) is 1. The van der Waals surface area contributed by atoms with Gasteiger partial charge < -0.3 is 5.32 Å². The molecule has 2 heterocycles. The molecule has 0 saturated heterocycles. The van der Waals surface area contributed by atoms with Crippen molar-refractivity contribution < 1.29 is 0 Å². The molecule has 0 amide bonds. The number of para-hydroxylation sites is 1. The van der Waals surface area contributed by atoms with Crippen molar-refractivity contribution in [1.29, 1.82) is 0 Å². The van der Waals surface area contributed by atoms with E-state index in [1.165, 1.54) is 21.7 Å². The van der Waals surface area contributed by atoms with Crippen LogP contribution in [0.5, 0.6) is 0 Å². The highest BCUT2D eigenvalue weighted by atomic mass is 32.1. The molecule has 1 N–H and O–H groups in total. The van der Waals surface area contributed by atoms with E-state index in [9.17, 15) is 0 Å². The summed E-state index contributed by atoms with van der Waals surface area (Å²) < 4.78 is 0. The monoisotopic (exact) mass is 305 g/mol. The minimum Gasteiger partial charge on any atom is -0.377 e. The van der Waals surface area contributed by atoms with Crippen LogP contribution in [0.4, 0.5) is 5.69 Å². The zero-order chi connectivity index (χ0) is 14.9. The Balaban J connectivity index is 1.84. The van der Waals surface area contributed by atoms with Crippen molar-refractivity contribution in [2.24, 2.45) is 5.92 Å². The molecule has 0 spiro atoms. The highest BCUT2D eigenvalue weighted by molar-refractivity contribution is 7.10. The molecule has 3 atom stereocenters. The van der Waals surface area contributed by atoms with Crippen molar-refractivity contribution >= 4 is 17.0 Å². The topological polar surface area (TPSA) is 12.0 Å². The van der Waals surface area contributed by atoms with E-state index < -0.39 is 0 Å². The number of rotatable bonds is 2. The molecule has 0 radical (unpaired) electrons. The van der Waals surface area contributed by atoms with E-state index in [0.29, 0.717) is 17.9 Å². The quantitative estimate of drug-likeness (QED) is 0.642. The zero-order valence-electron chi connectivity index (χ0n) is 12.6. The van der Waals surface area contributed by atoms with Crippen LogP contribution in [0.3, 0.4) is 0 Å². The minimum absolute atomic E-state index is 0.375. The largest absolute Gasteiger partial charge is 0.377 e. The van der Waals surface area contributed by atoms with Gasteiger partial charge in [0.05, 0.1) is 6.04 Å². The predicted octanol–water partition coefficient (Wildman–Crippen LogP) is 5.68. The van der Waals surface area contributed by atoms with Gasteiger partial charge in [0, 0.05) is 16.5 Å². The molecule has 2 heteroatoms. The Morgan fingerprint density at radius 2 is 1.64 bits per heavy atom. The van der Waals surface area contributed by atoms with Gasteiger partial charge in [0.1, 0.15) is 0 Å². The maximum Gasteiger partial charge on any atom is 0.0641 e. The van der Waals surface area contributed by atoms with E-state index in [0.717, 1.165) is 0 Å². The van der Waals surface area contributed by atoms with Crippen LogP contribution in [0, 0.1) is 5.92 Å². The number of hydrogen-bond acceptors (Lipinski definition) is 2. The first-order chi connectivity index (χ1) is 10.8. The van der Waals surface area contributed by atoms with E-state index >= 15 is 0 Å². The lowest BCUT2D eigenvalue weighted by Gasteiger charge is -2.39. The van der Waals surface area contributed by atoms with Crippen molar-refractivity contribution in [3.05, 3.63) is 88.1 Å². The number of anilines is 1. The maximum absolute atomic E-state index is 3.76. The van der Waals surface area contributed by atoms with Gasteiger partial charge in [0.2, 0.25) is 0 Å². The average Bonchev–Trinajstić information content (AvgIpc) is 3.09. The SMILES string of the molecule is C[C@@H]1[C@H](c2ccccc2)c2ccccc2N[C@@H]1c1cccs1. The van der Waals surface area contributed by atoms with E-state index in [4.69, 9.17) is 0 Å². The molecule has 0 unspecified atom stereocenters. The van der Waals surface area contributed by atoms with E-state index in [1.807, 2.05) is 11.3 Å². The number of fused-ring (bicyclic) bond motifs is 1. The number of benzene rings is 2. The standard InChI is InChI=1S/C20H19NS/c1-14-19(15-8-3-2-4-9-15)16-10-5-6-11-17(16)21-20(14)18-12-7-13-22-18/h2-14,19-21H,1H3/t14-,19-,20+/m1/s1. The molecule has 1 nitrogen and oxygen atoms in total. The smallest absolute Gasteiger partial charge is 0.0641 e. The van der Waals surface area contributed by atoms with Gasteiger partial charge in [0.15, 0.2) is 0 Å². The summed E-state index contributed by atoms with van der Waals surface area (Å²) in [6.45, 7) is 2.37. The maximum atomic E-state index is 3.76. The summed E-state index contributed by atoms with van der Waals surface area (Å²) >= 11 is 1.84. The third kappa shape index (κ3) is 2.24. The molecule has 3 aromatic rings. The van der Waals surface area contributed by atoms with E-state index in [1.54, 1.807) is 0 Å². The molecule has 1 aromatic heterocycles. The van der Waals surface area contributed by atoms with Gasteiger partial charge >= 0.3 is 0 Å². The van der Waals surface area contributed by atoms with Gasteiger partial charge in [-0.05, 0) is 34.6 Å². The van der Waals surface area contributed by atoms with Crippen molar-refractivity contribution in [3.63, 3.8) is 0 Å². The van der Waals surface area contributed by atoms with Crippen LogP contribution in [-0.2, 0) is 0 Å². The predicted molar refractivity (Wildman–Crippen MR) is 94.6 cm³/mol. The summed E-state index contributed by atoms with van der Waals surface area (Å²) in [7, 11) is 0. The van der Waals surface area contributed by atoms with Crippen molar-refractivity contribution in [3.8, 4) is 0 Å². The second kappa shape index (κ2) is 5.62. The molecule has 0 bridgehead atoms. The zero-order valence-corrected chi connectivity index (χ0v) is 13.4. The molecule has 4 rings (SSSR count). The van der Waals surface area contributed by atoms with Gasteiger partial charge in [0.25, 0.3) is 0 Å². The Morgan fingerprint density at radius 1 is 0.864 bits per heavy atom. The van der Waals surface area contributed by atoms with E-state index in [2.05, 4.69) is 84.4 Å². The van der Waals surface area contributed by atoms with Crippen LogP contribution >= 0.6 is 11.3 Å². The first-order valence-corrected chi connectivity index (χ1v) is 8.66. The van der Waals surface area contributed by atoms with Gasteiger partial charge in [-0.3, -0.25) is 0 Å². The van der Waals surface area contributed by atoms with Gasteiger partial charge in [-0.25, -0.2) is 0 Å². The van der Waals surface area contributed by atoms with Gasteiger partial charge in [-0.15, -0.1) is 11.3 Å². The number of thiophene rings is 1. The molecule has 2 aromatic carbocycles. The first-order valence-electron chi connectivity index (χ1n) is 7.78. The fourth-order valence-electron chi connectivity index (χ4n) is 3.62. The summed E-state index contributed by atoms with van der Waals surface area (Å²) in [6, 6.07) is 24.4. The lowest BCUT2D eigenvalue weighted by Crippen LogP contribution is -2.30. The Morgan fingerprint density at radius 3 is 2.41 bits per heavy atom. The summed E-state index contributed by atoms with van der Waals surface area (Å²) in [5, 5.41) is 5.93. The fourth-order valence-corrected chi connectivity index (χ4v) is 4.51. The summed E-state index contributed by atoms with van der Waals surface area (Å²) in [4.78, 5) is 1.42. The van der Waals surface area contributed by atoms with E-state index in [-0.39, 0.29) is 0 Å². The first kappa shape index (κ1) is 13.6. The molecular weight excluding hydrogens is 286 g/mol. The lowest BCUT2D eigenvalue weighted by atomic mass is 9.74. The highest BCUT2D eigenvalue weighted by Gasteiger charge is 2.35. The second-order valence-corrected chi connectivity index (χ2v) is 6.95. The van der Waals surface area contributed by atoms with Crippen molar-refractivity contribution in [1.82, 2.24) is 0 Å². The summed E-state index contributed by atoms with van der Waals surface area (Å²) in [5.41, 5.74) is 4.09. The molecule has 1 aliphatic rings. The van der Waals surface area contributed by atoms with Crippen molar-refractivity contribution in [2.45, 2.75) is 18.9 Å². The third-order valence-electron chi connectivity index (χ3n) is 4.67. The highest BCUT2D eigenvalue weighted by Crippen LogP contribution is 2.48. The Labute approximate surface area is 135 Å². The average molecular weight is 305 g/mol. The van der Waals surface area contributed by atoms with Crippen molar-refractivity contribution in [2.75, 3.05) is 5.32 Å². The van der Waals surface area contributed by atoms with Crippen LogP contribution in [0.15, 0.2) is 72.1 Å². The number of hydrogen-bond donors (Lipinski definition) is 1. The molecule has 110 valence electrons. The third-order valence-corrected chi connectivity index (χ3v) is 5.62. The molecule has 22 heavy (non-hydrogen) atoms. The molecular formula is C20H19NS. The second-order valence-electron chi connectivity index (χ2n) is 5.97. The molecule has 0 saturated carbocycles. The Kier molecular flexibility index (Phi) is 3.47. The fraction of sp³-hybridized carbons (Fsp3) is 0.200. The Hall–Kier alpha value is -2.06. The van der Waals surface area contributed by atoms with Crippen LogP contribution in [0.1, 0.15) is 34.9 Å². The molecule has 0 fully saturated rings. The molecule has 0 aliphatic carbocycles. The summed E-state index contributed by atoms with van der Waals surface area (Å²) in [6.07, 6.45) is 0. The van der Waals surface area contributed by atoms with Crippen LogP contribution in [0.25, 0.3) is 0 Å². The normalized spacial score (nSPS) is 23.6. The summed E-state index contributed by atoms with van der Waals surface area (Å²) in [5.74, 6) is 0.946. The molecule has 1 aliphatic heterocycles. The van der Waals surface area contributed by atoms with Crippen LogP contribution in [-0.4, -0.2) is 0 Å². The van der Waals surface area contributed by atoms with Gasteiger partial charge in [-0.1, -0.05) is 61.5 Å².